The Kier molecular flexibility index (Phi) is 5.33. The zero-order valence-corrected chi connectivity index (χ0v) is 17.0. The van der Waals surface area contributed by atoms with Gasteiger partial charge in [0.15, 0.2) is 0 Å². The number of ketones is 1. The average molecular weight is 440 g/mol. The van der Waals surface area contributed by atoms with E-state index in [2.05, 4.69) is 0 Å². The highest BCUT2D eigenvalue weighted by atomic mass is 35.5. The van der Waals surface area contributed by atoms with Crippen molar-refractivity contribution in [3.05, 3.63) is 106 Å². The van der Waals surface area contributed by atoms with Gasteiger partial charge in [0.25, 0.3) is 11.7 Å². The molecule has 3 aromatic carbocycles. The standard InChI is InChI=1S/C24H16ClF2NO3/c1-13-11-15(7-9-18(13)26)22(29)20-21(14-5-3-2-4-6-14)28(24(31)23(20)30)16-8-10-19(27)17(25)12-16/h2-12,21,29H,1H3/b22-20+. The SMILES string of the molecule is Cc1cc(/C(O)=C2\C(=O)C(=O)N(c3ccc(F)c(Cl)c3)C2c2ccccc2)ccc1F. The minimum absolute atomic E-state index is 0.150. The topological polar surface area (TPSA) is 57.6 Å². The maximum absolute atomic E-state index is 13.7. The van der Waals surface area contributed by atoms with Gasteiger partial charge in [-0.3, -0.25) is 14.5 Å². The van der Waals surface area contributed by atoms with Crippen molar-refractivity contribution in [2.45, 2.75) is 13.0 Å². The Hall–Kier alpha value is -3.51. The molecule has 0 bridgehead atoms. The zero-order valence-electron chi connectivity index (χ0n) is 16.3. The number of aryl methyl sites for hydroxylation is 1. The lowest BCUT2D eigenvalue weighted by molar-refractivity contribution is -0.132. The Morgan fingerprint density at radius 1 is 0.968 bits per heavy atom. The number of aliphatic hydroxyl groups excluding tert-OH is 1. The molecule has 1 saturated heterocycles. The molecule has 0 spiro atoms. The van der Waals surface area contributed by atoms with E-state index in [1.165, 1.54) is 42.2 Å². The number of amides is 1. The molecule has 4 rings (SSSR count). The Labute approximate surface area is 182 Å². The molecule has 1 heterocycles. The minimum Gasteiger partial charge on any atom is -0.507 e. The molecule has 3 aromatic rings. The van der Waals surface area contributed by atoms with Crippen molar-refractivity contribution in [2.24, 2.45) is 0 Å². The van der Waals surface area contributed by atoms with E-state index >= 15 is 0 Å². The number of carbonyl (C=O) groups excluding carboxylic acids is 2. The van der Waals surface area contributed by atoms with Gasteiger partial charge < -0.3 is 5.11 Å². The highest BCUT2D eigenvalue weighted by Gasteiger charge is 2.47. The second-order valence-corrected chi connectivity index (χ2v) is 7.55. The van der Waals surface area contributed by atoms with Crippen LogP contribution in [-0.2, 0) is 9.59 Å². The monoisotopic (exact) mass is 439 g/mol. The molecule has 0 aromatic heterocycles. The van der Waals surface area contributed by atoms with Crippen LogP contribution in [0.3, 0.4) is 0 Å². The summed E-state index contributed by atoms with van der Waals surface area (Å²) in [4.78, 5) is 27.2. The molecule has 0 saturated carbocycles. The third-order valence-corrected chi connectivity index (χ3v) is 5.46. The fourth-order valence-electron chi connectivity index (χ4n) is 3.63. The van der Waals surface area contributed by atoms with Gasteiger partial charge in [0.1, 0.15) is 17.4 Å². The Morgan fingerprint density at radius 3 is 2.29 bits per heavy atom. The highest BCUT2D eigenvalue weighted by Crippen LogP contribution is 2.42. The van der Waals surface area contributed by atoms with E-state index in [0.717, 1.165) is 6.07 Å². The van der Waals surface area contributed by atoms with Crippen LogP contribution in [0.5, 0.6) is 0 Å². The van der Waals surface area contributed by atoms with E-state index in [4.69, 9.17) is 11.6 Å². The van der Waals surface area contributed by atoms with Crippen LogP contribution < -0.4 is 4.90 Å². The van der Waals surface area contributed by atoms with Crippen LogP contribution in [0, 0.1) is 18.6 Å². The normalized spacial score (nSPS) is 17.9. The summed E-state index contributed by atoms with van der Waals surface area (Å²) in [6.45, 7) is 1.53. The first kappa shape index (κ1) is 20.8. The van der Waals surface area contributed by atoms with Crippen LogP contribution in [0.25, 0.3) is 5.76 Å². The van der Waals surface area contributed by atoms with Gasteiger partial charge in [-0.1, -0.05) is 41.9 Å². The first-order chi connectivity index (χ1) is 14.8. The first-order valence-electron chi connectivity index (χ1n) is 9.37. The van der Waals surface area contributed by atoms with E-state index < -0.39 is 35.1 Å². The smallest absolute Gasteiger partial charge is 0.300 e. The summed E-state index contributed by atoms with van der Waals surface area (Å²) in [7, 11) is 0. The van der Waals surface area contributed by atoms with Crippen molar-refractivity contribution >= 4 is 34.7 Å². The van der Waals surface area contributed by atoms with E-state index in [0.29, 0.717) is 5.56 Å². The summed E-state index contributed by atoms with van der Waals surface area (Å²) >= 11 is 5.90. The number of benzene rings is 3. The number of halogens is 3. The highest BCUT2D eigenvalue weighted by molar-refractivity contribution is 6.51. The van der Waals surface area contributed by atoms with Gasteiger partial charge in [-0.25, -0.2) is 8.78 Å². The first-order valence-corrected chi connectivity index (χ1v) is 9.75. The van der Waals surface area contributed by atoms with E-state index in [1.807, 2.05) is 0 Å². The van der Waals surface area contributed by atoms with Gasteiger partial charge in [-0.15, -0.1) is 0 Å². The van der Waals surface area contributed by atoms with Crippen molar-refractivity contribution in [1.29, 1.82) is 0 Å². The van der Waals surface area contributed by atoms with Crippen LogP contribution in [0.15, 0.2) is 72.3 Å². The Balaban J connectivity index is 1.95. The number of anilines is 1. The summed E-state index contributed by atoms with van der Waals surface area (Å²) in [5.41, 5.74) is 1.09. The number of hydrogen-bond acceptors (Lipinski definition) is 3. The fraction of sp³-hybridized carbons (Fsp3) is 0.0833. The number of Topliss-reactive ketones (excluding diaryl/α,β-unsaturated/α-hetero) is 1. The molecule has 0 radical (unpaired) electrons. The molecule has 1 unspecified atom stereocenters. The summed E-state index contributed by atoms with van der Waals surface area (Å²) in [5, 5.41) is 10.8. The molecule has 1 N–H and O–H groups in total. The minimum atomic E-state index is -0.979. The lowest BCUT2D eigenvalue weighted by Crippen LogP contribution is -2.29. The van der Waals surface area contributed by atoms with Crippen LogP contribution in [0.2, 0.25) is 5.02 Å². The molecule has 1 aliphatic heterocycles. The molecule has 1 fully saturated rings. The van der Waals surface area contributed by atoms with Crippen LogP contribution >= 0.6 is 11.6 Å². The Bertz CT molecular complexity index is 1240. The lowest BCUT2D eigenvalue weighted by atomic mass is 9.94. The van der Waals surface area contributed by atoms with Gasteiger partial charge in [0.05, 0.1) is 16.6 Å². The quantitative estimate of drug-likeness (QED) is 0.330. The van der Waals surface area contributed by atoms with Crippen molar-refractivity contribution in [3.8, 4) is 0 Å². The van der Waals surface area contributed by atoms with Gasteiger partial charge >= 0.3 is 0 Å². The molecular weight excluding hydrogens is 424 g/mol. The fourth-order valence-corrected chi connectivity index (χ4v) is 3.81. The number of carbonyl (C=O) groups is 2. The molecule has 1 atom stereocenters. The van der Waals surface area contributed by atoms with Crippen molar-refractivity contribution in [3.63, 3.8) is 0 Å². The summed E-state index contributed by atoms with van der Waals surface area (Å²) < 4.78 is 27.4. The molecule has 1 amide bonds. The molecule has 0 aliphatic carbocycles. The molecule has 4 nitrogen and oxygen atoms in total. The second-order valence-electron chi connectivity index (χ2n) is 7.14. The maximum Gasteiger partial charge on any atom is 0.300 e. The van der Waals surface area contributed by atoms with Gasteiger partial charge in [0.2, 0.25) is 0 Å². The van der Waals surface area contributed by atoms with E-state index in [1.54, 1.807) is 30.3 Å². The number of rotatable bonds is 3. The maximum atomic E-state index is 13.7. The van der Waals surface area contributed by atoms with Gasteiger partial charge in [0, 0.05) is 11.3 Å². The number of aliphatic hydroxyl groups is 1. The number of nitrogens with zero attached hydrogens (tertiary/aromatic N) is 1. The van der Waals surface area contributed by atoms with Crippen molar-refractivity contribution < 1.29 is 23.5 Å². The number of hydrogen-bond donors (Lipinski definition) is 1. The Morgan fingerprint density at radius 2 is 1.65 bits per heavy atom. The summed E-state index contributed by atoms with van der Waals surface area (Å²) in [6.07, 6.45) is 0. The van der Waals surface area contributed by atoms with Crippen molar-refractivity contribution in [1.82, 2.24) is 0 Å². The van der Waals surface area contributed by atoms with E-state index in [-0.39, 0.29) is 27.4 Å². The largest absolute Gasteiger partial charge is 0.507 e. The molecule has 31 heavy (non-hydrogen) atoms. The lowest BCUT2D eigenvalue weighted by Gasteiger charge is -2.25. The van der Waals surface area contributed by atoms with Crippen LogP contribution in [0.1, 0.15) is 22.7 Å². The van der Waals surface area contributed by atoms with Gasteiger partial charge in [-0.2, -0.15) is 0 Å². The summed E-state index contributed by atoms with van der Waals surface area (Å²) in [5.74, 6) is -3.35. The second kappa shape index (κ2) is 7.96. The molecule has 156 valence electrons. The third kappa shape index (κ3) is 3.59. The zero-order chi connectivity index (χ0) is 22.3. The van der Waals surface area contributed by atoms with Gasteiger partial charge in [-0.05, 0) is 54.4 Å². The molecular formula is C24H16ClF2NO3. The summed E-state index contributed by atoms with van der Waals surface area (Å²) in [6, 6.07) is 15.3. The third-order valence-electron chi connectivity index (χ3n) is 5.17. The van der Waals surface area contributed by atoms with Crippen LogP contribution in [-0.4, -0.2) is 16.8 Å². The van der Waals surface area contributed by atoms with Crippen molar-refractivity contribution in [2.75, 3.05) is 4.90 Å². The predicted molar refractivity (Wildman–Crippen MR) is 114 cm³/mol. The molecule has 1 aliphatic rings. The van der Waals surface area contributed by atoms with Crippen LogP contribution in [0.4, 0.5) is 14.5 Å². The predicted octanol–water partition coefficient (Wildman–Crippen LogP) is 5.55. The van der Waals surface area contributed by atoms with E-state index in [9.17, 15) is 23.5 Å². The molecule has 7 heteroatoms. The average Bonchev–Trinajstić information content (AvgIpc) is 3.03.